The first-order valence-corrected chi connectivity index (χ1v) is 6.69. The first kappa shape index (κ1) is 12.7. The Morgan fingerprint density at radius 1 is 0.950 bits per heavy atom. The van der Waals surface area contributed by atoms with Gasteiger partial charge in [-0.1, -0.05) is 54.6 Å². The van der Waals surface area contributed by atoms with E-state index in [1.807, 2.05) is 18.2 Å². The molecular formula is C18H17NO. The summed E-state index contributed by atoms with van der Waals surface area (Å²) >= 11 is 0. The Kier molecular flexibility index (Phi) is 3.66. The number of benzene rings is 2. The van der Waals surface area contributed by atoms with Gasteiger partial charge in [-0.25, -0.2) is 0 Å². The lowest BCUT2D eigenvalue weighted by atomic mass is 10.2. The molecule has 1 heterocycles. The minimum atomic E-state index is 0.558. The molecule has 2 nitrogen and oxygen atoms in total. The highest BCUT2D eigenvalue weighted by Crippen LogP contribution is 2.21. The Morgan fingerprint density at radius 2 is 1.70 bits per heavy atom. The SMILES string of the molecule is COCn1c(/C=C/c2ccccc2)cc2ccccc21. The molecule has 3 rings (SSSR count). The van der Waals surface area contributed by atoms with Crippen LogP contribution < -0.4 is 0 Å². The number of nitrogens with zero attached hydrogens (tertiary/aromatic N) is 1. The zero-order valence-corrected chi connectivity index (χ0v) is 11.5. The molecule has 0 aliphatic heterocycles. The quantitative estimate of drug-likeness (QED) is 0.680. The zero-order chi connectivity index (χ0) is 13.8. The topological polar surface area (TPSA) is 14.2 Å². The summed E-state index contributed by atoms with van der Waals surface area (Å²) in [6.45, 7) is 0.558. The summed E-state index contributed by atoms with van der Waals surface area (Å²) in [7, 11) is 1.72. The molecule has 0 atom stereocenters. The van der Waals surface area contributed by atoms with Gasteiger partial charge in [-0.3, -0.25) is 0 Å². The predicted molar refractivity (Wildman–Crippen MR) is 84.3 cm³/mol. The van der Waals surface area contributed by atoms with Crippen LogP contribution in [0.4, 0.5) is 0 Å². The van der Waals surface area contributed by atoms with Crippen LogP contribution in [0, 0.1) is 0 Å². The minimum absolute atomic E-state index is 0.558. The van der Waals surface area contributed by atoms with Gasteiger partial charge in [0.2, 0.25) is 0 Å². The van der Waals surface area contributed by atoms with Crippen molar-refractivity contribution in [3.63, 3.8) is 0 Å². The van der Waals surface area contributed by atoms with E-state index in [4.69, 9.17) is 4.74 Å². The van der Waals surface area contributed by atoms with E-state index in [0.717, 1.165) is 5.69 Å². The monoisotopic (exact) mass is 263 g/mol. The van der Waals surface area contributed by atoms with Crippen molar-refractivity contribution in [3.8, 4) is 0 Å². The van der Waals surface area contributed by atoms with Crippen molar-refractivity contribution >= 4 is 23.1 Å². The summed E-state index contributed by atoms with van der Waals surface area (Å²) in [5.41, 5.74) is 3.54. The molecule has 0 saturated heterocycles. The van der Waals surface area contributed by atoms with Gasteiger partial charge < -0.3 is 9.30 Å². The van der Waals surface area contributed by atoms with Crippen LogP contribution in [0.25, 0.3) is 23.1 Å². The highest BCUT2D eigenvalue weighted by Gasteiger charge is 2.05. The van der Waals surface area contributed by atoms with Crippen molar-refractivity contribution in [3.05, 3.63) is 71.9 Å². The molecule has 3 aromatic rings. The number of aromatic nitrogens is 1. The average Bonchev–Trinajstić information content (AvgIpc) is 2.85. The Hall–Kier alpha value is -2.32. The lowest BCUT2D eigenvalue weighted by Gasteiger charge is -2.06. The number of hydrogen-bond acceptors (Lipinski definition) is 1. The molecule has 0 spiro atoms. The van der Waals surface area contributed by atoms with Crippen LogP contribution in [-0.4, -0.2) is 11.7 Å². The van der Waals surface area contributed by atoms with Crippen LogP contribution >= 0.6 is 0 Å². The van der Waals surface area contributed by atoms with Crippen LogP contribution in [0.15, 0.2) is 60.7 Å². The first-order valence-electron chi connectivity index (χ1n) is 6.69. The number of methoxy groups -OCH3 is 1. The van der Waals surface area contributed by atoms with Gasteiger partial charge in [-0.2, -0.15) is 0 Å². The van der Waals surface area contributed by atoms with Crippen LogP contribution in [0.1, 0.15) is 11.3 Å². The average molecular weight is 263 g/mol. The van der Waals surface area contributed by atoms with Crippen molar-refractivity contribution < 1.29 is 4.74 Å². The van der Waals surface area contributed by atoms with E-state index in [0.29, 0.717) is 6.73 Å². The lowest BCUT2D eigenvalue weighted by molar-refractivity contribution is 0.134. The molecule has 0 radical (unpaired) electrons. The van der Waals surface area contributed by atoms with Crippen molar-refractivity contribution in [2.75, 3.05) is 7.11 Å². The number of rotatable bonds is 4. The van der Waals surface area contributed by atoms with Gasteiger partial charge in [0.1, 0.15) is 6.73 Å². The number of para-hydroxylation sites is 1. The third-order valence-corrected chi connectivity index (χ3v) is 3.35. The molecule has 20 heavy (non-hydrogen) atoms. The van der Waals surface area contributed by atoms with E-state index in [1.54, 1.807) is 7.11 Å². The molecule has 0 fully saturated rings. The second-order valence-electron chi connectivity index (χ2n) is 4.72. The van der Waals surface area contributed by atoms with Gasteiger partial charge in [0.05, 0.1) is 5.52 Å². The first-order chi connectivity index (χ1) is 9.88. The van der Waals surface area contributed by atoms with Crippen molar-refractivity contribution in [2.45, 2.75) is 6.73 Å². The van der Waals surface area contributed by atoms with Crippen molar-refractivity contribution in [2.24, 2.45) is 0 Å². The van der Waals surface area contributed by atoms with Gasteiger partial charge in [-0.15, -0.1) is 0 Å². The summed E-state index contributed by atoms with van der Waals surface area (Å²) in [4.78, 5) is 0. The van der Waals surface area contributed by atoms with Crippen LogP contribution in [0.5, 0.6) is 0 Å². The largest absolute Gasteiger partial charge is 0.364 e. The second-order valence-corrected chi connectivity index (χ2v) is 4.72. The van der Waals surface area contributed by atoms with E-state index in [-0.39, 0.29) is 0 Å². The summed E-state index contributed by atoms with van der Waals surface area (Å²) < 4.78 is 7.49. The summed E-state index contributed by atoms with van der Waals surface area (Å²) in [6.07, 6.45) is 4.26. The number of fused-ring (bicyclic) bond motifs is 1. The fourth-order valence-electron chi connectivity index (χ4n) is 2.39. The molecule has 0 aliphatic carbocycles. The molecule has 0 amide bonds. The molecule has 2 heteroatoms. The van der Waals surface area contributed by atoms with Crippen LogP contribution in [0.3, 0.4) is 0 Å². The summed E-state index contributed by atoms with van der Waals surface area (Å²) in [5.74, 6) is 0. The van der Waals surface area contributed by atoms with Gasteiger partial charge in [0, 0.05) is 18.2 Å². The van der Waals surface area contributed by atoms with E-state index in [9.17, 15) is 0 Å². The van der Waals surface area contributed by atoms with Gasteiger partial charge in [0.25, 0.3) is 0 Å². The highest BCUT2D eigenvalue weighted by atomic mass is 16.5. The Morgan fingerprint density at radius 3 is 2.50 bits per heavy atom. The predicted octanol–water partition coefficient (Wildman–Crippen LogP) is 4.42. The maximum atomic E-state index is 5.32. The molecule has 2 aromatic carbocycles. The third-order valence-electron chi connectivity index (χ3n) is 3.35. The van der Waals surface area contributed by atoms with Gasteiger partial charge in [0.15, 0.2) is 0 Å². The zero-order valence-electron chi connectivity index (χ0n) is 11.5. The van der Waals surface area contributed by atoms with Crippen molar-refractivity contribution in [1.82, 2.24) is 4.57 Å². The summed E-state index contributed by atoms with van der Waals surface area (Å²) in [5, 5.41) is 1.23. The molecule has 0 aliphatic rings. The molecule has 0 saturated carbocycles. The Labute approximate surface area is 118 Å². The molecule has 0 N–H and O–H groups in total. The minimum Gasteiger partial charge on any atom is -0.364 e. The van der Waals surface area contributed by atoms with Crippen molar-refractivity contribution in [1.29, 1.82) is 0 Å². The molecule has 100 valence electrons. The molecular weight excluding hydrogens is 246 g/mol. The van der Waals surface area contributed by atoms with Crippen LogP contribution in [-0.2, 0) is 11.5 Å². The molecule has 0 unspecified atom stereocenters. The normalized spacial score (nSPS) is 11.4. The van der Waals surface area contributed by atoms with Gasteiger partial charge >= 0.3 is 0 Å². The van der Waals surface area contributed by atoms with E-state index >= 15 is 0 Å². The van der Waals surface area contributed by atoms with Crippen LogP contribution in [0.2, 0.25) is 0 Å². The Balaban J connectivity index is 2.02. The molecule has 0 bridgehead atoms. The lowest BCUT2D eigenvalue weighted by Crippen LogP contribution is -2.01. The Bertz CT molecular complexity index is 726. The fraction of sp³-hybridized carbons (Fsp3) is 0.111. The smallest absolute Gasteiger partial charge is 0.123 e. The number of ether oxygens (including phenoxy) is 1. The second kappa shape index (κ2) is 5.76. The molecule has 1 aromatic heterocycles. The fourth-order valence-corrected chi connectivity index (χ4v) is 2.39. The standard InChI is InChI=1S/C18H17NO/c1-20-14-19-17(12-11-15-7-3-2-4-8-15)13-16-9-5-6-10-18(16)19/h2-13H,14H2,1H3/b12-11+. The third kappa shape index (κ3) is 2.51. The van der Waals surface area contributed by atoms with E-state index in [2.05, 4.69) is 59.2 Å². The number of hydrogen-bond donors (Lipinski definition) is 0. The van der Waals surface area contributed by atoms with E-state index < -0.39 is 0 Å². The van der Waals surface area contributed by atoms with E-state index in [1.165, 1.54) is 16.5 Å². The highest BCUT2D eigenvalue weighted by molar-refractivity contribution is 5.85. The summed E-state index contributed by atoms with van der Waals surface area (Å²) in [6, 6.07) is 20.9. The maximum absolute atomic E-state index is 5.32. The van der Waals surface area contributed by atoms with Gasteiger partial charge in [-0.05, 0) is 23.8 Å². The maximum Gasteiger partial charge on any atom is 0.123 e.